The number of hydrogen-bond donors (Lipinski definition) is 0. The molecule has 0 unspecified atom stereocenters. The van der Waals surface area contributed by atoms with E-state index in [2.05, 4.69) is 14.9 Å². The van der Waals surface area contributed by atoms with Crippen molar-refractivity contribution in [1.82, 2.24) is 9.78 Å². The van der Waals surface area contributed by atoms with Gasteiger partial charge in [0.15, 0.2) is 5.82 Å². The second kappa shape index (κ2) is 9.06. The lowest BCUT2D eigenvalue weighted by molar-refractivity contribution is -0.137. The molecule has 0 aliphatic carbocycles. The summed E-state index contributed by atoms with van der Waals surface area (Å²) < 4.78 is 58.2. The van der Waals surface area contributed by atoms with Crippen molar-refractivity contribution in [3.63, 3.8) is 0 Å². The Hall–Kier alpha value is -3.24. The molecule has 0 N–H and O–H groups in total. The van der Waals surface area contributed by atoms with Gasteiger partial charge in [-0.25, -0.2) is 9.18 Å². The average molecular weight is 428 g/mol. The first-order valence-corrected chi connectivity index (χ1v) is 8.83. The van der Waals surface area contributed by atoms with Crippen molar-refractivity contribution in [2.45, 2.75) is 39.9 Å². The molecule has 11 heteroatoms. The molecule has 1 amide bonds. The lowest BCUT2D eigenvalue weighted by atomic mass is 10.0. The quantitative estimate of drug-likeness (QED) is 0.305. The molecule has 0 atom stereocenters. The number of amides is 1. The Bertz CT molecular complexity index is 959. The highest BCUT2D eigenvalue weighted by molar-refractivity contribution is 6.36. The lowest BCUT2D eigenvalue weighted by Crippen LogP contribution is -2.33. The number of carbonyl (C=O) groups excluding carboxylic acids is 2. The van der Waals surface area contributed by atoms with Crippen LogP contribution in [-0.2, 0) is 27.0 Å². The zero-order chi connectivity index (χ0) is 22.6. The van der Waals surface area contributed by atoms with Crippen LogP contribution in [0.25, 0.3) is 0 Å². The van der Waals surface area contributed by atoms with Gasteiger partial charge in [0.25, 0.3) is 5.91 Å². The van der Waals surface area contributed by atoms with Crippen LogP contribution in [0.5, 0.6) is 0 Å². The molecule has 0 saturated heterocycles. The van der Waals surface area contributed by atoms with Crippen LogP contribution >= 0.6 is 0 Å². The number of nitrogens with zero attached hydrogens (tertiary/aromatic N) is 4. The minimum absolute atomic E-state index is 0.0791. The van der Waals surface area contributed by atoms with Crippen LogP contribution in [0.15, 0.2) is 29.6 Å². The molecule has 1 aromatic heterocycles. The fraction of sp³-hybridized carbons (Fsp3) is 0.368. The lowest BCUT2D eigenvalue weighted by Gasteiger charge is -2.23. The zero-order valence-electron chi connectivity index (χ0n) is 16.7. The molecule has 0 aliphatic rings. The summed E-state index contributed by atoms with van der Waals surface area (Å²) in [5.41, 5.74) is -0.681. The van der Waals surface area contributed by atoms with Crippen molar-refractivity contribution in [3.8, 4) is 0 Å². The van der Waals surface area contributed by atoms with E-state index in [4.69, 9.17) is 0 Å². The van der Waals surface area contributed by atoms with E-state index in [9.17, 15) is 27.2 Å². The maximum Gasteiger partial charge on any atom is 0.416 e. The molecule has 1 aromatic carbocycles. The van der Waals surface area contributed by atoms with E-state index in [-0.39, 0.29) is 28.9 Å². The summed E-state index contributed by atoms with van der Waals surface area (Å²) in [5, 5.41) is 8.57. The maximum atomic E-state index is 13.2. The van der Waals surface area contributed by atoms with E-state index in [0.29, 0.717) is 0 Å². The summed E-state index contributed by atoms with van der Waals surface area (Å²) in [6.07, 6.45) is -2.58. The van der Waals surface area contributed by atoms with Gasteiger partial charge in [0.1, 0.15) is 12.3 Å². The second-order valence-corrected chi connectivity index (χ2v) is 6.41. The van der Waals surface area contributed by atoms with E-state index in [1.807, 2.05) is 0 Å². The zero-order valence-corrected chi connectivity index (χ0v) is 16.7. The molecular weight excluding hydrogens is 408 g/mol. The average Bonchev–Trinajstić information content (AvgIpc) is 3.06. The third-order valence-electron chi connectivity index (χ3n) is 4.14. The molecule has 2 rings (SSSR count). The van der Waals surface area contributed by atoms with E-state index >= 15 is 0 Å². The molecule has 0 aliphatic heterocycles. The van der Waals surface area contributed by atoms with Gasteiger partial charge in [-0.1, -0.05) is 6.92 Å². The van der Waals surface area contributed by atoms with Crippen LogP contribution in [0.3, 0.4) is 0 Å². The Balaban J connectivity index is 2.59. The van der Waals surface area contributed by atoms with E-state index < -0.39 is 36.0 Å². The van der Waals surface area contributed by atoms with Crippen LogP contribution in [-0.4, -0.2) is 34.5 Å². The summed E-state index contributed by atoms with van der Waals surface area (Å²) in [6, 6.07) is 1.77. The molecule has 7 nitrogen and oxygen atoms in total. The molecule has 162 valence electrons. The van der Waals surface area contributed by atoms with Crippen LogP contribution in [0, 0.1) is 19.7 Å². The van der Waals surface area contributed by atoms with Crippen LogP contribution < -0.4 is 5.01 Å². The second-order valence-electron chi connectivity index (χ2n) is 6.41. The van der Waals surface area contributed by atoms with Gasteiger partial charge in [0, 0.05) is 0 Å². The predicted octanol–water partition coefficient (Wildman–Crippen LogP) is 3.63. The number of aryl methyl sites for hydroxylation is 2. The molecule has 1 heterocycles. The van der Waals surface area contributed by atoms with Crippen molar-refractivity contribution in [2.24, 2.45) is 5.10 Å². The van der Waals surface area contributed by atoms with Crippen LogP contribution in [0.2, 0.25) is 0 Å². The Labute approximate surface area is 169 Å². The molecule has 0 fully saturated rings. The number of aromatic nitrogens is 2. The Morgan fingerprint density at radius 2 is 1.83 bits per heavy atom. The highest BCUT2D eigenvalue weighted by Gasteiger charge is 2.33. The highest BCUT2D eigenvalue weighted by atomic mass is 19.4. The number of benzene rings is 1. The van der Waals surface area contributed by atoms with Gasteiger partial charge in [-0.05, 0) is 43.5 Å². The van der Waals surface area contributed by atoms with Gasteiger partial charge in [-0.15, -0.1) is 0 Å². The van der Waals surface area contributed by atoms with E-state index in [1.54, 1.807) is 6.92 Å². The molecule has 2 aromatic rings. The maximum absolute atomic E-state index is 13.2. The monoisotopic (exact) mass is 428 g/mol. The fourth-order valence-electron chi connectivity index (χ4n) is 2.81. The van der Waals surface area contributed by atoms with E-state index in [1.165, 1.54) is 13.8 Å². The van der Waals surface area contributed by atoms with Gasteiger partial charge >= 0.3 is 12.1 Å². The van der Waals surface area contributed by atoms with Gasteiger partial charge in [0.2, 0.25) is 0 Å². The highest BCUT2D eigenvalue weighted by Crippen LogP contribution is 2.35. The molecule has 0 radical (unpaired) electrons. The largest absolute Gasteiger partial charge is 0.464 e. The summed E-state index contributed by atoms with van der Waals surface area (Å²) in [5.74, 6) is -2.19. The molecule has 0 bridgehead atoms. The smallest absolute Gasteiger partial charge is 0.416 e. The van der Waals surface area contributed by atoms with Crippen molar-refractivity contribution in [3.05, 3.63) is 47.0 Å². The number of esters is 1. The Kier molecular flexibility index (Phi) is 6.96. The normalized spacial score (nSPS) is 12.1. The topological polar surface area (TPSA) is 76.8 Å². The van der Waals surface area contributed by atoms with Crippen LogP contribution in [0.1, 0.15) is 30.0 Å². The standard InChI is InChI=1S/C19H20F4N4O3/c1-5-15(18(29)30-4)25-27(16(28)10-26-9-14(20)8-24-26)17-11(2)6-13(7-12(17)3)19(21,22)23/h6-9H,5,10H2,1-4H3. The van der Waals surface area contributed by atoms with Crippen LogP contribution in [0.4, 0.5) is 23.2 Å². The summed E-state index contributed by atoms with van der Waals surface area (Å²) >= 11 is 0. The number of carbonyl (C=O) groups is 2. The van der Waals surface area contributed by atoms with Crippen molar-refractivity contribution in [2.75, 3.05) is 12.1 Å². The minimum Gasteiger partial charge on any atom is -0.464 e. The van der Waals surface area contributed by atoms with Gasteiger partial charge in [-0.2, -0.15) is 28.4 Å². The number of methoxy groups -OCH3 is 1. The van der Waals surface area contributed by atoms with Crippen molar-refractivity contribution < 1.29 is 31.9 Å². The SMILES string of the molecule is CCC(=NN(C(=O)Cn1cc(F)cn1)c1c(C)cc(C(F)(F)F)cc1C)C(=O)OC. The van der Waals surface area contributed by atoms with Gasteiger partial charge < -0.3 is 4.74 Å². The number of hydrazone groups is 1. The minimum atomic E-state index is -4.57. The number of halogens is 4. The molecule has 0 saturated carbocycles. The fourth-order valence-corrected chi connectivity index (χ4v) is 2.81. The van der Waals surface area contributed by atoms with Gasteiger partial charge in [0.05, 0.1) is 30.8 Å². The summed E-state index contributed by atoms with van der Waals surface area (Å²) in [4.78, 5) is 24.9. The third-order valence-corrected chi connectivity index (χ3v) is 4.14. The number of anilines is 1. The first-order chi connectivity index (χ1) is 14.0. The number of hydrogen-bond acceptors (Lipinski definition) is 5. The molecule has 30 heavy (non-hydrogen) atoms. The molecule has 0 spiro atoms. The van der Waals surface area contributed by atoms with Gasteiger partial charge in [-0.3, -0.25) is 9.48 Å². The first-order valence-electron chi connectivity index (χ1n) is 8.83. The first kappa shape index (κ1) is 23.0. The Morgan fingerprint density at radius 3 is 2.27 bits per heavy atom. The van der Waals surface area contributed by atoms with Crippen molar-refractivity contribution in [1.29, 1.82) is 0 Å². The Morgan fingerprint density at radius 1 is 1.23 bits per heavy atom. The summed E-state index contributed by atoms with van der Waals surface area (Å²) in [7, 11) is 1.14. The predicted molar refractivity (Wildman–Crippen MR) is 100 cm³/mol. The van der Waals surface area contributed by atoms with E-state index in [0.717, 1.165) is 41.3 Å². The third kappa shape index (κ3) is 5.22. The summed E-state index contributed by atoms with van der Waals surface area (Å²) in [6.45, 7) is 3.94. The number of ether oxygens (including phenoxy) is 1. The number of rotatable bonds is 6. The molecular formula is C19H20F4N4O3. The number of alkyl halides is 3. The van der Waals surface area contributed by atoms with Crippen molar-refractivity contribution >= 4 is 23.3 Å².